The maximum atomic E-state index is 5.60. The minimum Gasteiger partial charge on any atom is -0.486 e. The second kappa shape index (κ2) is 6.56. The number of nitrogens with zero attached hydrogens (tertiary/aromatic N) is 2. The van der Waals surface area contributed by atoms with Crippen molar-refractivity contribution >= 4 is 23.1 Å². The van der Waals surface area contributed by atoms with E-state index in [-0.39, 0.29) is 6.79 Å². The highest BCUT2D eigenvalue weighted by atomic mass is 16.7. The molecule has 0 unspecified atom stereocenters. The summed E-state index contributed by atoms with van der Waals surface area (Å²) < 4.78 is 21.9. The van der Waals surface area contributed by atoms with Gasteiger partial charge in [0.05, 0.1) is 0 Å². The summed E-state index contributed by atoms with van der Waals surface area (Å²) in [6.07, 6.45) is 1.68. The molecule has 0 amide bonds. The van der Waals surface area contributed by atoms with Crippen molar-refractivity contribution in [2.45, 2.75) is 0 Å². The van der Waals surface area contributed by atoms with Gasteiger partial charge in [0, 0.05) is 29.7 Å². The fourth-order valence-corrected chi connectivity index (χ4v) is 2.86. The fourth-order valence-electron chi connectivity index (χ4n) is 2.86. The zero-order valence-electron chi connectivity index (χ0n) is 14.3. The van der Waals surface area contributed by atoms with Crippen LogP contribution in [0.2, 0.25) is 0 Å². The van der Waals surface area contributed by atoms with E-state index in [1.54, 1.807) is 12.3 Å². The summed E-state index contributed by atoms with van der Waals surface area (Å²) in [5.41, 5.74) is 1.67. The van der Waals surface area contributed by atoms with Gasteiger partial charge in [-0.2, -0.15) is 4.98 Å². The van der Waals surface area contributed by atoms with Crippen LogP contribution >= 0.6 is 0 Å². The Labute approximate surface area is 155 Å². The van der Waals surface area contributed by atoms with E-state index in [0.717, 1.165) is 22.9 Å². The highest BCUT2D eigenvalue weighted by Gasteiger charge is 2.14. The third-order valence-electron chi connectivity index (χ3n) is 4.10. The van der Waals surface area contributed by atoms with E-state index in [9.17, 15) is 0 Å². The summed E-state index contributed by atoms with van der Waals surface area (Å²) in [6.45, 7) is 1.36. The molecular weight excluding hydrogens is 348 g/mol. The largest absolute Gasteiger partial charge is 0.486 e. The molecule has 3 aromatic rings. The van der Waals surface area contributed by atoms with E-state index < -0.39 is 0 Å². The molecule has 136 valence electrons. The second-order valence-corrected chi connectivity index (χ2v) is 5.94. The van der Waals surface area contributed by atoms with Crippen LogP contribution in [0.4, 0.5) is 23.1 Å². The van der Waals surface area contributed by atoms with Gasteiger partial charge in [0.2, 0.25) is 12.7 Å². The van der Waals surface area contributed by atoms with Gasteiger partial charge >= 0.3 is 0 Å². The highest BCUT2D eigenvalue weighted by Crippen LogP contribution is 2.35. The van der Waals surface area contributed by atoms with Crippen LogP contribution < -0.4 is 29.6 Å². The molecule has 3 heterocycles. The Morgan fingerprint density at radius 3 is 2.22 bits per heavy atom. The first-order valence-corrected chi connectivity index (χ1v) is 8.50. The van der Waals surface area contributed by atoms with Gasteiger partial charge in [0.1, 0.15) is 19.0 Å². The van der Waals surface area contributed by atoms with Crippen LogP contribution in [0.3, 0.4) is 0 Å². The molecule has 0 radical (unpaired) electrons. The van der Waals surface area contributed by atoms with Gasteiger partial charge in [-0.3, -0.25) is 0 Å². The number of anilines is 4. The van der Waals surface area contributed by atoms with Crippen LogP contribution in [-0.4, -0.2) is 30.0 Å². The molecule has 8 nitrogen and oxygen atoms in total. The summed E-state index contributed by atoms with van der Waals surface area (Å²) in [4.78, 5) is 8.76. The van der Waals surface area contributed by atoms with Crippen LogP contribution in [0.5, 0.6) is 23.0 Å². The molecular formula is C19H16N4O4. The molecule has 0 saturated carbocycles. The minimum absolute atomic E-state index is 0.246. The fraction of sp³-hybridized carbons (Fsp3) is 0.158. The lowest BCUT2D eigenvalue weighted by Gasteiger charge is -2.19. The van der Waals surface area contributed by atoms with Gasteiger partial charge < -0.3 is 29.6 Å². The Morgan fingerprint density at radius 2 is 1.37 bits per heavy atom. The summed E-state index contributed by atoms with van der Waals surface area (Å²) in [5, 5.41) is 6.42. The van der Waals surface area contributed by atoms with Crippen LogP contribution in [0.1, 0.15) is 0 Å². The molecule has 2 aliphatic rings. The van der Waals surface area contributed by atoms with Crippen molar-refractivity contribution in [1.82, 2.24) is 9.97 Å². The van der Waals surface area contributed by atoms with Crippen molar-refractivity contribution in [2.75, 3.05) is 30.6 Å². The number of hydrogen-bond donors (Lipinski definition) is 2. The number of ether oxygens (including phenoxy) is 4. The first-order valence-electron chi connectivity index (χ1n) is 8.50. The number of fused-ring (bicyclic) bond motifs is 2. The number of aromatic nitrogens is 2. The van der Waals surface area contributed by atoms with Gasteiger partial charge in [0.25, 0.3) is 0 Å². The van der Waals surface area contributed by atoms with Crippen molar-refractivity contribution in [3.05, 3.63) is 48.7 Å². The molecule has 0 spiro atoms. The van der Waals surface area contributed by atoms with Gasteiger partial charge in [-0.1, -0.05) is 0 Å². The van der Waals surface area contributed by atoms with Crippen LogP contribution in [-0.2, 0) is 0 Å². The van der Waals surface area contributed by atoms with E-state index in [2.05, 4.69) is 20.6 Å². The zero-order valence-corrected chi connectivity index (χ0v) is 14.3. The number of nitrogens with one attached hydrogen (secondary N) is 2. The van der Waals surface area contributed by atoms with E-state index in [1.807, 2.05) is 36.4 Å². The van der Waals surface area contributed by atoms with Gasteiger partial charge in [-0.25, -0.2) is 4.98 Å². The predicted octanol–water partition coefficient (Wildman–Crippen LogP) is 3.46. The Morgan fingerprint density at radius 1 is 0.704 bits per heavy atom. The second-order valence-electron chi connectivity index (χ2n) is 5.94. The van der Waals surface area contributed by atoms with Crippen molar-refractivity contribution in [3.63, 3.8) is 0 Å². The smallest absolute Gasteiger partial charge is 0.231 e. The molecule has 2 N–H and O–H groups in total. The summed E-state index contributed by atoms with van der Waals surface area (Å²) in [5.74, 6) is 4.03. The molecule has 8 heteroatoms. The first-order chi connectivity index (χ1) is 13.3. The quantitative estimate of drug-likeness (QED) is 0.728. The SMILES string of the molecule is c1cc(Nc2ccc3c(c2)OCO3)nc(Nc2ccc3c(c2)OCCO3)n1. The first kappa shape index (κ1) is 15.6. The predicted molar refractivity (Wildman–Crippen MR) is 98.6 cm³/mol. The summed E-state index contributed by atoms with van der Waals surface area (Å²) in [7, 11) is 0. The Hall–Kier alpha value is -3.68. The molecule has 2 aromatic carbocycles. The lowest BCUT2D eigenvalue weighted by Crippen LogP contribution is -2.15. The Kier molecular flexibility index (Phi) is 3.78. The Bertz CT molecular complexity index is 995. The van der Waals surface area contributed by atoms with Gasteiger partial charge in [-0.15, -0.1) is 0 Å². The van der Waals surface area contributed by atoms with Crippen LogP contribution in [0, 0.1) is 0 Å². The summed E-state index contributed by atoms with van der Waals surface area (Å²) >= 11 is 0. The van der Waals surface area contributed by atoms with Gasteiger partial charge in [0.15, 0.2) is 23.0 Å². The molecule has 0 fully saturated rings. The highest BCUT2D eigenvalue weighted by molar-refractivity contribution is 5.64. The average Bonchev–Trinajstić information content (AvgIpc) is 3.16. The minimum atomic E-state index is 0.246. The van der Waals surface area contributed by atoms with Crippen molar-refractivity contribution in [2.24, 2.45) is 0 Å². The molecule has 2 aliphatic heterocycles. The topological polar surface area (TPSA) is 86.8 Å². The van der Waals surface area contributed by atoms with Crippen LogP contribution in [0.25, 0.3) is 0 Å². The molecule has 5 rings (SSSR count). The molecule has 0 aliphatic carbocycles. The third kappa shape index (κ3) is 3.24. The maximum absolute atomic E-state index is 5.60. The van der Waals surface area contributed by atoms with E-state index in [4.69, 9.17) is 18.9 Å². The normalized spacial score (nSPS) is 13.9. The Balaban J connectivity index is 1.33. The monoisotopic (exact) mass is 364 g/mol. The third-order valence-corrected chi connectivity index (χ3v) is 4.10. The molecule has 27 heavy (non-hydrogen) atoms. The van der Waals surface area contributed by atoms with E-state index in [0.29, 0.717) is 36.5 Å². The van der Waals surface area contributed by atoms with Crippen molar-refractivity contribution in [1.29, 1.82) is 0 Å². The lowest BCUT2D eigenvalue weighted by molar-refractivity contribution is 0.171. The molecule has 0 bridgehead atoms. The van der Waals surface area contributed by atoms with E-state index in [1.165, 1.54) is 0 Å². The van der Waals surface area contributed by atoms with Crippen molar-refractivity contribution < 1.29 is 18.9 Å². The molecule has 0 saturated heterocycles. The number of rotatable bonds is 4. The zero-order chi connectivity index (χ0) is 18.1. The van der Waals surface area contributed by atoms with Crippen molar-refractivity contribution in [3.8, 4) is 23.0 Å². The summed E-state index contributed by atoms with van der Waals surface area (Å²) in [6, 6.07) is 13.1. The molecule has 1 aromatic heterocycles. The van der Waals surface area contributed by atoms with E-state index >= 15 is 0 Å². The van der Waals surface area contributed by atoms with Gasteiger partial charge in [-0.05, 0) is 30.3 Å². The molecule has 0 atom stereocenters. The maximum Gasteiger partial charge on any atom is 0.231 e. The number of benzene rings is 2. The number of hydrogen-bond acceptors (Lipinski definition) is 8. The average molecular weight is 364 g/mol. The standard InChI is InChI=1S/C19H16N4O4/c1-4-15-17(27-11-26-15)9-12(1)21-18-5-6-20-19(23-18)22-13-2-3-14-16(10-13)25-8-7-24-14/h1-6,9-10H,7-8,11H2,(H2,20,21,22,23). The van der Waals surface area contributed by atoms with Crippen LogP contribution in [0.15, 0.2) is 48.7 Å². The lowest BCUT2D eigenvalue weighted by atomic mass is 10.2.